The van der Waals surface area contributed by atoms with Crippen LogP contribution in [0.1, 0.15) is 11.7 Å². The molecule has 0 aliphatic carbocycles. The van der Waals surface area contributed by atoms with Crippen LogP contribution in [0.5, 0.6) is 5.75 Å². The second-order valence-electron chi connectivity index (χ2n) is 5.54. The first kappa shape index (κ1) is 18.6. The molecule has 1 unspecified atom stereocenters. The molecule has 6 nitrogen and oxygen atoms in total. The van der Waals surface area contributed by atoms with Gasteiger partial charge in [-0.05, 0) is 42.0 Å². The normalized spacial score (nSPS) is 12.4. The number of aliphatic hydroxyl groups excluding tert-OH is 1. The van der Waals surface area contributed by atoms with Crippen molar-refractivity contribution in [3.05, 3.63) is 66.7 Å². The van der Waals surface area contributed by atoms with Crippen LogP contribution in [-0.4, -0.2) is 33.0 Å². The molecule has 0 spiro atoms. The van der Waals surface area contributed by atoms with Crippen LogP contribution in [-0.2, 0) is 0 Å². The van der Waals surface area contributed by atoms with Gasteiger partial charge in [0.1, 0.15) is 17.9 Å². The van der Waals surface area contributed by atoms with Gasteiger partial charge in [-0.15, -0.1) is 13.2 Å². The number of aliphatic hydroxyl groups is 1. The number of ether oxygens (including phenoxy) is 1. The third-order valence-electron chi connectivity index (χ3n) is 3.62. The van der Waals surface area contributed by atoms with Crippen molar-refractivity contribution in [3.8, 4) is 17.0 Å². The number of hydrogen-bond donors (Lipinski definition) is 2. The van der Waals surface area contributed by atoms with E-state index in [0.717, 1.165) is 0 Å². The number of pyridine rings is 1. The average molecular weight is 376 g/mol. The molecule has 2 heterocycles. The van der Waals surface area contributed by atoms with Crippen LogP contribution in [0.3, 0.4) is 0 Å². The van der Waals surface area contributed by atoms with Gasteiger partial charge in [-0.3, -0.25) is 4.98 Å². The molecule has 0 radical (unpaired) electrons. The standard InChI is InChI=1S/C18H15F3N4O2/c19-18(20,21)27-14-3-1-12(2-4-14)15-9-17(25-11-24-15)23-10-16(26)13-5-7-22-8-6-13/h1-9,11,16,26H,10H2,(H,23,24,25). The summed E-state index contributed by atoms with van der Waals surface area (Å²) in [5.41, 5.74) is 1.83. The number of alkyl halides is 3. The fraction of sp³-hybridized carbons (Fsp3) is 0.167. The van der Waals surface area contributed by atoms with Gasteiger partial charge >= 0.3 is 6.36 Å². The van der Waals surface area contributed by atoms with Gasteiger partial charge in [0.25, 0.3) is 0 Å². The number of nitrogens with one attached hydrogen (secondary N) is 1. The van der Waals surface area contributed by atoms with E-state index >= 15 is 0 Å². The minimum absolute atomic E-state index is 0.221. The lowest BCUT2D eigenvalue weighted by atomic mass is 10.1. The predicted octanol–water partition coefficient (Wildman–Crippen LogP) is 3.58. The Morgan fingerprint density at radius 2 is 1.74 bits per heavy atom. The minimum atomic E-state index is -4.73. The molecule has 140 valence electrons. The third-order valence-corrected chi connectivity index (χ3v) is 3.62. The molecule has 2 aromatic heterocycles. The number of aromatic nitrogens is 3. The van der Waals surface area contributed by atoms with Gasteiger partial charge < -0.3 is 15.2 Å². The van der Waals surface area contributed by atoms with Crippen LogP contribution < -0.4 is 10.1 Å². The zero-order valence-corrected chi connectivity index (χ0v) is 13.9. The van der Waals surface area contributed by atoms with Crippen molar-refractivity contribution in [2.45, 2.75) is 12.5 Å². The molecule has 0 saturated heterocycles. The number of benzene rings is 1. The Morgan fingerprint density at radius 3 is 2.41 bits per heavy atom. The summed E-state index contributed by atoms with van der Waals surface area (Å²) in [5, 5.41) is 13.2. The summed E-state index contributed by atoms with van der Waals surface area (Å²) >= 11 is 0. The summed E-state index contributed by atoms with van der Waals surface area (Å²) < 4.78 is 40.5. The molecule has 1 atom stereocenters. The average Bonchev–Trinajstić information content (AvgIpc) is 2.66. The SMILES string of the molecule is OC(CNc1cc(-c2ccc(OC(F)(F)F)cc2)ncn1)c1ccncc1. The monoisotopic (exact) mass is 376 g/mol. The lowest BCUT2D eigenvalue weighted by molar-refractivity contribution is -0.274. The van der Waals surface area contributed by atoms with E-state index in [1.807, 2.05) is 0 Å². The summed E-state index contributed by atoms with van der Waals surface area (Å²) in [6, 6.07) is 10.4. The zero-order chi connectivity index (χ0) is 19.3. The molecule has 3 rings (SSSR count). The molecular weight excluding hydrogens is 361 g/mol. The van der Waals surface area contributed by atoms with Crippen molar-refractivity contribution in [3.63, 3.8) is 0 Å². The van der Waals surface area contributed by atoms with E-state index < -0.39 is 12.5 Å². The zero-order valence-electron chi connectivity index (χ0n) is 13.9. The number of rotatable bonds is 6. The summed E-state index contributed by atoms with van der Waals surface area (Å²) in [7, 11) is 0. The van der Waals surface area contributed by atoms with Crippen LogP contribution in [0.15, 0.2) is 61.2 Å². The van der Waals surface area contributed by atoms with E-state index in [0.29, 0.717) is 22.6 Å². The maximum atomic E-state index is 12.2. The fourth-order valence-electron chi connectivity index (χ4n) is 2.34. The van der Waals surface area contributed by atoms with E-state index in [2.05, 4.69) is 25.0 Å². The Morgan fingerprint density at radius 1 is 1.04 bits per heavy atom. The molecule has 0 aliphatic heterocycles. The van der Waals surface area contributed by atoms with E-state index in [1.54, 1.807) is 30.6 Å². The molecule has 0 amide bonds. The molecular formula is C18H15F3N4O2. The first-order valence-corrected chi connectivity index (χ1v) is 7.91. The van der Waals surface area contributed by atoms with Crippen LogP contribution in [0.4, 0.5) is 19.0 Å². The van der Waals surface area contributed by atoms with Crippen LogP contribution in [0.2, 0.25) is 0 Å². The Labute approximate surface area is 152 Å². The van der Waals surface area contributed by atoms with Crippen molar-refractivity contribution in [2.24, 2.45) is 0 Å². The van der Waals surface area contributed by atoms with Gasteiger partial charge in [0.15, 0.2) is 0 Å². The third kappa shape index (κ3) is 5.38. The second-order valence-corrected chi connectivity index (χ2v) is 5.54. The Hall–Kier alpha value is -3.20. The number of hydrogen-bond acceptors (Lipinski definition) is 6. The van der Waals surface area contributed by atoms with Gasteiger partial charge in [0.2, 0.25) is 0 Å². The molecule has 27 heavy (non-hydrogen) atoms. The topological polar surface area (TPSA) is 80.2 Å². The summed E-state index contributed by atoms with van der Waals surface area (Å²) in [6.07, 6.45) is -0.967. The van der Waals surface area contributed by atoms with Gasteiger partial charge in [0, 0.05) is 30.6 Å². The van der Waals surface area contributed by atoms with Crippen molar-refractivity contribution in [2.75, 3.05) is 11.9 Å². The quantitative estimate of drug-likeness (QED) is 0.685. The van der Waals surface area contributed by atoms with E-state index in [4.69, 9.17) is 0 Å². The molecule has 0 bridgehead atoms. The van der Waals surface area contributed by atoms with Crippen LogP contribution >= 0.6 is 0 Å². The van der Waals surface area contributed by atoms with E-state index in [9.17, 15) is 18.3 Å². The Balaban J connectivity index is 1.66. The van der Waals surface area contributed by atoms with Gasteiger partial charge in [-0.2, -0.15) is 0 Å². The summed E-state index contributed by atoms with van der Waals surface area (Å²) in [5.74, 6) is 0.169. The van der Waals surface area contributed by atoms with Crippen LogP contribution in [0.25, 0.3) is 11.3 Å². The molecule has 9 heteroatoms. The maximum Gasteiger partial charge on any atom is 0.573 e. The Kier molecular flexibility index (Phi) is 5.51. The number of halogens is 3. The van der Waals surface area contributed by atoms with Gasteiger partial charge in [-0.1, -0.05) is 0 Å². The summed E-state index contributed by atoms with van der Waals surface area (Å²) in [6.45, 7) is 0.221. The van der Waals surface area contributed by atoms with Crippen molar-refractivity contribution >= 4 is 5.82 Å². The number of nitrogens with zero attached hydrogens (tertiary/aromatic N) is 3. The first-order valence-electron chi connectivity index (χ1n) is 7.91. The Bertz CT molecular complexity index is 874. The smallest absolute Gasteiger partial charge is 0.406 e. The molecule has 0 saturated carbocycles. The highest BCUT2D eigenvalue weighted by Gasteiger charge is 2.30. The van der Waals surface area contributed by atoms with Crippen molar-refractivity contribution in [1.29, 1.82) is 0 Å². The van der Waals surface area contributed by atoms with E-state index in [1.165, 1.54) is 30.6 Å². The van der Waals surface area contributed by atoms with Crippen molar-refractivity contribution in [1.82, 2.24) is 15.0 Å². The number of anilines is 1. The molecule has 2 N–H and O–H groups in total. The minimum Gasteiger partial charge on any atom is -0.406 e. The highest BCUT2D eigenvalue weighted by Crippen LogP contribution is 2.26. The molecule has 3 aromatic rings. The highest BCUT2D eigenvalue weighted by molar-refractivity contribution is 5.62. The highest BCUT2D eigenvalue weighted by atomic mass is 19.4. The predicted molar refractivity (Wildman–Crippen MR) is 91.8 cm³/mol. The first-order chi connectivity index (χ1) is 12.9. The van der Waals surface area contributed by atoms with Crippen LogP contribution in [0, 0.1) is 0 Å². The molecule has 0 fully saturated rings. The van der Waals surface area contributed by atoms with Gasteiger partial charge in [0.05, 0.1) is 11.8 Å². The molecule has 0 aliphatic rings. The fourth-order valence-corrected chi connectivity index (χ4v) is 2.34. The molecule has 1 aromatic carbocycles. The lowest BCUT2D eigenvalue weighted by Gasteiger charge is -2.13. The van der Waals surface area contributed by atoms with Crippen molar-refractivity contribution < 1.29 is 23.0 Å². The maximum absolute atomic E-state index is 12.2. The van der Waals surface area contributed by atoms with Gasteiger partial charge in [-0.25, -0.2) is 9.97 Å². The van der Waals surface area contributed by atoms with E-state index in [-0.39, 0.29) is 12.3 Å². The summed E-state index contributed by atoms with van der Waals surface area (Å²) in [4.78, 5) is 12.1. The largest absolute Gasteiger partial charge is 0.573 e. The second kappa shape index (κ2) is 8.00. The lowest BCUT2D eigenvalue weighted by Crippen LogP contribution is -2.16.